The summed E-state index contributed by atoms with van der Waals surface area (Å²) in [5, 5.41) is 0. The van der Waals surface area contributed by atoms with Crippen molar-refractivity contribution in [2.24, 2.45) is 0 Å². The highest BCUT2D eigenvalue weighted by Crippen LogP contribution is 2.40. The maximum absolute atomic E-state index is 12.7. The molecule has 3 nitrogen and oxygen atoms in total. The van der Waals surface area contributed by atoms with E-state index in [1.165, 1.54) is 17.5 Å². The Hall–Kier alpha value is -2.13. The van der Waals surface area contributed by atoms with Crippen molar-refractivity contribution in [3.8, 4) is 0 Å². The van der Waals surface area contributed by atoms with Gasteiger partial charge in [0.1, 0.15) is 0 Å². The molecular weight excluding hydrogens is 332 g/mol. The van der Waals surface area contributed by atoms with E-state index in [9.17, 15) is 4.79 Å². The second kappa shape index (κ2) is 8.26. The first kappa shape index (κ1) is 18.2. The van der Waals surface area contributed by atoms with Crippen molar-refractivity contribution in [3.63, 3.8) is 0 Å². The summed E-state index contributed by atoms with van der Waals surface area (Å²) >= 11 is 0. The number of carbonyl (C=O) groups excluding carboxylic acids is 1. The fourth-order valence-corrected chi connectivity index (χ4v) is 4.81. The molecular formula is C24H30N2O. The number of rotatable bonds is 5. The Kier molecular flexibility index (Phi) is 5.58. The molecule has 2 aliphatic rings. The van der Waals surface area contributed by atoms with Crippen LogP contribution in [0.1, 0.15) is 43.2 Å². The standard InChI is InChI=1S/C24H30N2O/c27-23-12-15-24(26(23)20-22-10-5-2-6-11-22)14-7-17-25(19-16-24)18-13-21-8-3-1-4-9-21/h1-6,8-11H,7,12-20H2. The average Bonchev–Trinajstić information content (AvgIpc) is 2.89. The Bertz CT molecular complexity index is 745. The number of hydrogen-bond acceptors (Lipinski definition) is 2. The normalized spacial score (nSPS) is 23.7. The van der Waals surface area contributed by atoms with E-state index in [2.05, 4.69) is 64.4 Å². The van der Waals surface area contributed by atoms with Gasteiger partial charge in [0.25, 0.3) is 0 Å². The van der Waals surface area contributed by atoms with Gasteiger partial charge in [-0.2, -0.15) is 0 Å². The molecule has 0 saturated carbocycles. The van der Waals surface area contributed by atoms with Gasteiger partial charge in [-0.15, -0.1) is 0 Å². The Morgan fingerprint density at radius 2 is 1.52 bits per heavy atom. The second-order valence-electron chi connectivity index (χ2n) is 8.12. The van der Waals surface area contributed by atoms with Gasteiger partial charge in [0.15, 0.2) is 0 Å². The predicted octanol–water partition coefficient (Wildman–Crippen LogP) is 4.28. The molecule has 2 aliphatic heterocycles. The lowest BCUT2D eigenvalue weighted by molar-refractivity contribution is -0.132. The van der Waals surface area contributed by atoms with Crippen LogP contribution in [-0.4, -0.2) is 40.9 Å². The van der Waals surface area contributed by atoms with Gasteiger partial charge in [-0.3, -0.25) is 4.79 Å². The minimum atomic E-state index is 0.0778. The quantitative estimate of drug-likeness (QED) is 0.793. The summed E-state index contributed by atoms with van der Waals surface area (Å²) in [6.07, 6.45) is 6.31. The molecule has 27 heavy (non-hydrogen) atoms. The van der Waals surface area contributed by atoms with Gasteiger partial charge < -0.3 is 9.80 Å². The molecule has 2 aromatic rings. The summed E-state index contributed by atoms with van der Waals surface area (Å²) in [6.45, 7) is 4.14. The van der Waals surface area contributed by atoms with E-state index in [0.717, 1.165) is 58.3 Å². The van der Waals surface area contributed by atoms with Crippen LogP contribution in [0.3, 0.4) is 0 Å². The van der Waals surface area contributed by atoms with Gasteiger partial charge in [0.2, 0.25) is 5.91 Å². The van der Waals surface area contributed by atoms with Crippen LogP contribution in [0.5, 0.6) is 0 Å². The predicted molar refractivity (Wildman–Crippen MR) is 109 cm³/mol. The second-order valence-corrected chi connectivity index (χ2v) is 8.12. The smallest absolute Gasteiger partial charge is 0.223 e. The van der Waals surface area contributed by atoms with Crippen LogP contribution in [0.4, 0.5) is 0 Å². The Balaban J connectivity index is 1.40. The molecule has 1 unspecified atom stereocenters. The molecule has 1 spiro atoms. The topological polar surface area (TPSA) is 23.6 Å². The van der Waals surface area contributed by atoms with Crippen LogP contribution in [0.15, 0.2) is 60.7 Å². The number of nitrogens with zero attached hydrogens (tertiary/aromatic N) is 2. The third-order valence-electron chi connectivity index (χ3n) is 6.43. The minimum absolute atomic E-state index is 0.0778. The maximum atomic E-state index is 12.7. The first-order valence-corrected chi connectivity index (χ1v) is 10.4. The van der Waals surface area contributed by atoms with Crippen molar-refractivity contribution in [3.05, 3.63) is 71.8 Å². The summed E-state index contributed by atoms with van der Waals surface area (Å²) in [7, 11) is 0. The largest absolute Gasteiger partial charge is 0.333 e. The molecule has 2 fully saturated rings. The van der Waals surface area contributed by atoms with Crippen LogP contribution in [0.25, 0.3) is 0 Å². The summed E-state index contributed by atoms with van der Waals surface area (Å²) in [5.41, 5.74) is 2.74. The molecule has 142 valence electrons. The van der Waals surface area contributed by atoms with E-state index < -0.39 is 0 Å². The highest BCUT2D eigenvalue weighted by molar-refractivity contribution is 5.79. The van der Waals surface area contributed by atoms with Crippen molar-refractivity contribution < 1.29 is 4.79 Å². The fraction of sp³-hybridized carbons (Fsp3) is 0.458. The van der Waals surface area contributed by atoms with E-state index in [-0.39, 0.29) is 5.54 Å². The number of likely N-dealkylation sites (tertiary alicyclic amines) is 2. The number of hydrogen-bond donors (Lipinski definition) is 0. The monoisotopic (exact) mass is 362 g/mol. The SMILES string of the molecule is O=C1CCC2(CCCN(CCc3ccccc3)CC2)N1Cc1ccccc1. The summed E-state index contributed by atoms with van der Waals surface area (Å²) in [6, 6.07) is 21.2. The van der Waals surface area contributed by atoms with Gasteiger partial charge in [0, 0.05) is 31.6 Å². The van der Waals surface area contributed by atoms with Crippen LogP contribution >= 0.6 is 0 Å². The van der Waals surface area contributed by atoms with Gasteiger partial charge >= 0.3 is 0 Å². The van der Waals surface area contributed by atoms with E-state index in [1.807, 2.05) is 6.07 Å². The molecule has 4 rings (SSSR count). The summed E-state index contributed by atoms with van der Waals surface area (Å²) in [4.78, 5) is 17.5. The lowest BCUT2D eigenvalue weighted by Gasteiger charge is -2.38. The van der Waals surface area contributed by atoms with Crippen molar-refractivity contribution in [2.75, 3.05) is 19.6 Å². The number of benzene rings is 2. The van der Waals surface area contributed by atoms with Crippen LogP contribution < -0.4 is 0 Å². The van der Waals surface area contributed by atoms with Crippen molar-refractivity contribution in [1.82, 2.24) is 9.80 Å². The molecule has 1 atom stereocenters. The van der Waals surface area contributed by atoms with Crippen molar-refractivity contribution >= 4 is 5.91 Å². The molecule has 3 heteroatoms. The van der Waals surface area contributed by atoms with Crippen LogP contribution in [0, 0.1) is 0 Å². The third-order valence-corrected chi connectivity index (χ3v) is 6.43. The van der Waals surface area contributed by atoms with Gasteiger partial charge in [-0.25, -0.2) is 0 Å². The zero-order chi connectivity index (χ0) is 18.5. The molecule has 0 radical (unpaired) electrons. The fourth-order valence-electron chi connectivity index (χ4n) is 4.81. The van der Waals surface area contributed by atoms with Gasteiger partial charge in [0.05, 0.1) is 0 Å². The lowest BCUT2D eigenvalue weighted by atomic mass is 9.87. The van der Waals surface area contributed by atoms with E-state index >= 15 is 0 Å². The first-order valence-electron chi connectivity index (χ1n) is 10.4. The van der Waals surface area contributed by atoms with E-state index in [0.29, 0.717) is 5.91 Å². The molecule has 1 amide bonds. The van der Waals surface area contributed by atoms with E-state index in [1.54, 1.807) is 0 Å². The van der Waals surface area contributed by atoms with Gasteiger partial charge in [-0.1, -0.05) is 60.7 Å². The zero-order valence-corrected chi connectivity index (χ0v) is 16.1. The summed E-state index contributed by atoms with van der Waals surface area (Å²) < 4.78 is 0. The molecule has 2 saturated heterocycles. The molecule has 0 aromatic heterocycles. The average molecular weight is 363 g/mol. The molecule has 0 N–H and O–H groups in total. The minimum Gasteiger partial charge on any atom is -0.333 e. The highest BCUT2D eigenvalue weighted by Gasteiger charge is 2.45. The van der Waals surface area contributed by atoms with Gasteiger partial charge in [-0.05, 0) is 49.8 Å². The number of amides is 1. The van der Waals surface area contributed by atoms with Crippen LogP contribution in [-0.2, 0) is 17.8 Å². The Morgan fingerprint density at radius 1 is 0.815 bits per heavy atom. The summed E-state index contributed by atoms with van der Waals surface area (Å²) in [5.74, 6) is 0.344. The molecule has 2 heterocycles. The molecule has 0 aliphatic carbocycles. The highest BCUT2D eigenvalue weighted by atomic mass is 16.2. The number of carbonyl (C=O) groups is 1. The van der Waals surface area contributed by atoms with Crippen LogP contribution in [0.2, 0.25) is 0 Å². The van der Waals surface area contributed by atoms with Crippen molar-refractivity contribution in [1.29, 1.82) is 0 Å². The third kappa shape index (κ3) is 4.24. The zero-order valence-electron chi connectivity index (χ0n) is 16.1. The first-order chi connectivity index (χ1) is 13.3. The van der Waals surface area contributed by atoms with E-state index in [4.69, 9.17) is 0 Å². The Morgan fingerprint density at radius 3 is 2.26 bits per heavy atom. The Labute approximate surface area is 163 Å². The lowest BCUT2D eigenvalue weighted by Crippen LogP contribution is -2.46. The van der Waals surface area contributed by atoms with Crippen molar-refractivity contribution in [2.45, 2.75) is 50.6 Å². The molecule has 0 bridgehead atoms. The molecule has 2 aromatic carbocycles. The maximum Gasteiger partial charge on any atom is 0.223 e.